The second-order valence-electron chi connectivity index (χ2n) is 4.54. The molecule has 0 bridgehead atoms. The molecule has 1 fully saturated rings. The minimum Gasteiger partial charge on any atom is -0.828 e. The first-order valence-corrected chi connectivity index (χ1v) is 6.13. The van der Waals surface area contributed by atoms with Gasteiger partial charge in [0.25, 0.3) is 5.69 Å². The normalized spacial score (nSPS) is 30.1. The molecule has 0 aromatic heterocycles. The molecule has 1 aliphatic rings. The number of hydrogen-bond donors (Lipinski definition) is 3. The van der Waals surface area contributed by atoms with Gasteiger partial charge in [0.05, 0.1) is 11.5 Å². The van der Waals surface area contributed by atoms with Crippen molar-refractivity contribution in [2.24, 2.45) is 0 Å². The number of hydrogen-bond acceptors (Lipinski definition) is 8. The lowest BCUT2D eigenvalue weighted by molar-refractivity contribution is -0.497. The Morgan fingerprint density at radius 3 is 2.52 bits per heavy atom. The van der Waals surface area contributed by atoms with Crippen LogP contribution < -0.4 is 9.84 Å². The Labute approximate surface area is 119 Å². The fourth-order valence-electron chi connectivity index (χ4n) is 2.01. The van der Waals surface area contributed by atoms with E-state index in [9.17, 15) is 25.4 Å². The molecule has 0 aliphatic carbocycles. The van der Waals surface area contributed by atoms with Crippen molar-refractivity contribution in [3.05, 3.63) is 34.4 Å². The maximum absolute atomic E-state index is 11.7. The van der Waals surface area contributed by atoms with E-state index in [1.807, 2.05) is 0 Å². The predicted octanol–water partition coefficient (Wildman–Crippen LogP) is -1.86. The zero-order chi connectivity index (χ0) is 15.6. The van der Waals surface area contributed by atoms with Gasteiger partial charge in [-0.25, -0.2) is 0 Å². The molecule has 3 N–H and O–H groups in total. The SMILES string of the molecule is O=[N+]([O-])c1ccc(O[C@H]2C([O-])O[C@@H]([C@H](O)CO)[C@@H]2O)cc1. The van der Waals surface area contributed by atoms with Gasteiger partial charge in [-0.05, 0) is 12.1 Å². The molecule has 0 spiro atoms. The maximum Gasteiger partial charge on any atom is 0.269 e. The van der Waals surface area contributed by atoms with Gasteiger partial charge < -0.3 is 29.9 Å². The van der Waals surface area contributed by atoms with Crippen LogP contribution in [0.25, 0.3) is 0 Å². The molecule has 1 saturated heterocycles. The molecule has 1 aliphatic heterocycles. The lowest BCUT2D eigenvalue weighted by atomic mass is 10.1. The van der Waals surface area contributed by atoms with Gasteiger partial charge in [0, 0.05) is 18.4 Å². The highest BCUT2D eigenvalue weighted by atomic mass is 16.7. The zero-order valence-electron chi connectivity index (χ0n) is 10.7. The molecule has 1 unspecified atom stereocenters. The molecule has 2 rings (SSSR count). The Morgan fingerprint density at radius 1 is 1.38 bits per heavy atom. The van der Waals surface area contributed by atoms with Crippen LogP contribution in [0.2, 0.25) is 0 Å². The number of aliphatic hydroxyl groups is 3. The largest absolute Gasteiger partial charge is 0.828 e. The monoisotopic (exact) mass is 300 g/mol. The van der Waals surface area contributed by atoms with Crippen molar-refractivity contribution in [1.29, 1.82) is 0 Å². The van der Waals surface area contributed by atoms with Crippen LogP contribution >= 0.6 is 0 Å². The minimum atomic E-state index is -1.75. The average molecular weight is 300 g/mol. The van der Waals surface area contributed by atoms with Gasteiger partial charge >= 0.3 is 0 Å². The van der Waals surface area contributed by atoms with Crippen molar-refractivity contribution in [2.45, 2.75) is 30.7 Å². The summed E-state index contributed by atoms with van der Waals surface area (Å²) in [5, 5.41) is 50.3. The van der Waals surface area contributed by atoms with Gasteiger partial charge in [0.1, 0.15) is 30.2 Å². The number of rotatable bonds is 5. The fourth-order valence-corrected chi connectivity index (χ4v) is 2.01. The number of ether oxygens (including phenoxy) is 2. The highest BCUT2D eigenvalue weighted by Gasteiger charge is 2.43. The smallest absolute Gasteiger partial charge is 0.269 e. The van der Waals surface area contributed by atoms with E-state index >= 15 is 0 Å². The van der Waals surface area contributed by atoms with Crippen LogP contribution in [0.1, 0.15) is 0 Å². The van der Waals surface area contributed by atoms with Crippen molar-refractivity contribution in [2.75, 3.05) is 6.61 Å². The van der Waals surface area contributed by atoms with Crippen LogP contribution in [0.3, 0.4) is 0 Å². The van der Waals surface area contributed by atoms with Crippen LogP contribution in [0.4, 0.5) is 5.69 Å². The Morgan fingerprint density at radius 2 is 2.00 bits per heavy atom. The van der Waals surface area contributed by atoms with Gasteiger partial charge in [0.15, 0.2) is 0 Å². The van der Waals surface area contributed by atoms with E-state index < -0.39 is 42.2 Å². The number of non-ortho nitro benzene ring substituents is 1. The minimum absolute atomic E-state index is 0.141. The number of nitro benzene ring substituents is 1. The summed E-state index contributed by atoms with van der Waals surface area (Å²) in [5.41, 5.74) is -0.141. The van der Waals surface area contributed by atoms with Crippen LogP contribution in [0.15, 0.2) is 24.3 Å². The molecule has 1 heterocycles. The summed E-state index contributed by atoms with van der Waals surface area (Å²) < 4.78 is 10.1. The van der Waals surface area contributed by atoms with Crippen LogP contribution in [0.5, 0.6) is 5.75 Å². The fraction of sp³-hybridized carbons (Fsp3) is 0.500. The number of nitrogens with zero attached hydrogens (tertiary/aromatic N) is 1. The van der Waals surface area contributed by atoms with Gasteiger partial charge in [-0.15, -0.1) is 0 Å². The third kappa shape index (κ3) is 3.28. The van der Waals surface area contributed by atoms with Crippen molar-refractivity contribution in [3.8, 4) is 5.75 Å². The van der Waals surface area contributed by atoms with E-state index in [1.165, 1.54) is 24.3 Å². The van der Waals surface area contributed by atoms with Crippen molar-refractivity contribution in [3.63, 3.8) is 0 Å². The average Bonchev–Trinajstić information content (AvgIpc) is 2.75. The van der Waals surface area contributed by atoms with Crippen LogP contribution in [0, 0.1) is 10.1 Å². The van der Waals surface area contributed by atoms with E-state index in [4.69, 9.17) is 14.6 Å². The summed E-state index contributed by atoms with van der Waals surface area (Å²) in [6.45, 7) is -0.668. The summed E-state index contributed by atoms with van der Waals surface area (Å²) in [4.78, 5) is 9.93. The Kier molecular flexibility index (Phi) is 4.70. The second kappa shape index (κ2) is 6.33. The number of aliphatic hydroxyl groups excluding tert-OH is 3. The van der Waals surface area contributed by atoms with Crippen molar-refractivity contribution >= 4 is 5.69 Å². The van der Waals surface area contributed by atoms with Crippen molar-refractivity contribution in [1.82, 2.24) is 0 Å². The molecule has 0 saturated carbocycles. The number of nitro groups is 1. The second-order valence-corrected chi connectivity index (χ2v) is 4.54. The Bertz CT molecular complexity index is 493. The molecule has 1 aromatic carbocycles. The zero-order valence-corrected chi connectivity index (χ0v) is 10.7. The highest BCUT2D eigenvalue weighted by molar-refractivity contribution is 5.36. The first-order valence-electron chi connectivity index (χ1n) is 6.13. The molecule has 9 heteroatoms. The molecular weight excluding hydrogens is 286 g/mol. The van der Waals surface area contributed by atoms with E-state index in [0.29, 0.717) is 0 Å². The quantitative estimate of drug-likeness (QED) is 0.424. The first kappa shape index (κ1) is 15.6. The molecule has 1 aromatic rings. The lowest BCUT2D eigenvalue weighted by Gasteiger charge is -2.25. The Hall–Kier alpha value is -1.78. The van der Waals surface area contributed by atoms with Gasteiger partial charge in [-0.2, -0.15) is 0 Å². The van der Waals surface area contributed by atoms with E-state index in [-0.39, 0.29) is 11.4 Å². The highest BCUT2D eigenvalue weighted by Crippen LogP contribution is 2.26. The molecular formula is C12H14NO8-. The van der Waals surface area contributed by atoms with E-state index in [1.54, 1.807) is 0 Å². The molecule has 21 heavy (non-hydrogen) atoms. The lowest BCUT2D eigenvalue weighted by Crippen LogP contribution is -2.45. The van der Waals surface area contributed by atoms with Crippen LogP contribution in [-0.2, 0) is 4.74 Å². The molecule has 5 atom stereocenters. The maximum atomic E-state index is 11.7. The summed E-state index contributed by atoms with van der Waals surface area (Å²) in [7, 11) is 0. The molecule has 0 radical (unpaired) electrons. The van der Waals surface area contributed by atoms with Gasteiger partial charge in [-0.1, -0.05) is 0 Å². The van der Waals surface area contributed by atoms with Crippen molar-refractivity contribution < 1.29 is 34.8 Å². The third-order valence-corrected chi connectivity index (χ3v) is 3.12. The summed E-state index contributed by atoms with van der Waals surface area (Å²) in [6.07, 6.45) is -7.12. The molecule has 0 amide bonds. The predicted molar refractivity (Wildman–Crippen MR) is 65.3 cm³/mol. The standard InChI is InChI=1S/C12H14NO8/c14-5-8(15)10-9(16)11(12(17)21-10)20-7-3-1-6(2-4-7)13(18)19/h1-4,8-12,14-16H,5H2/q-1/t8-,9+,10+,11-,12?/m1/s1. The summed E-state index contributed by atoms with van der Waals surface area (Å²) in [5.74, 6) is 0.147. The number of benzene rings is 1. The summed E-state index contributed by atoms with van der Waals surface area (Å²) in [6, 6.07) is 4.95. The van der Waals surface area contributed by atoms with Crippen LogP contribution in [-0.4, -0.2) is 57.6 Å². The molecule has 9 nitrogen and oxygen atoms in total. The Balaban J connectivity index is 2.06. The van der Waals surface area contributed by atoms with Gasteiger partial charge in [-0.3, -0.25) is 10.1 Å². The van der Waals surface area contributed by atoms with Gasteiger partial charge in [0.2, 0.25) is 0 Å². The topological polar surface area (TPSA) is 145 Å². The third-order valence-electron chi connectivity index (χ3n) is 3.12. The molecule has 116 valence electrons. The summed E-state index contributed by atoms with van der Waals surface area (Å²) >= 11 is 0. The van der Waals surface area contributed by atoms with E-state index in [2.05, 4.69) is 0 Å². The first-order chi connectivity index (χ1) is 9.93. The van der Waals surface area contributed by atoms with E-state index in [0.717, 1.165) is 0 Å².